The molecule has 0 aliphatic rings. The third-order valence-electron chi connectivity index (χ3n) is 5.17. The van der Waals surface area contributed by atoms with Crippen molar-refractivity contribution >= 4 is 46.3 Å². The van der Waals surface area contributed by atoms with Crippen LogP contribution in [0.25, 0.3) is 0 Å². The zero-order valence-electron chi connectivity index (χ0n) is 21.3. The molecule has 206 valence electrons. The number of benzene rings is 4. The SMILES string of the molecule is N.NC(=O)CSC(c1ccccc1)c1ccccc1.O=C(Cl)CSC(c1ccccc1)c1ccccc1.OO. The van der Waals surface area contributed by atoms with Crippen LogP contribution in [0.1, 0.15) is 32.8 Å². The summed E-state index contributed by atoms with van der Waals surface area (Å²) in [6.07, 6.45) is 0. The first-order valence-electron chi connectivity index (χ1n) is 11.6. The number of carbonyl (C=O) groups is 2. The minimum atomic E-state index is -0.308. The van der Waals surface area contributed by atoms with E-state index in [1.165, 1.54) is 22.3 Å². The van der Waals surface area contributed by atoms with Crippen LogP contribution in [0.2, 0.25) is 0 Å². The highest BCUT2D eigenvalue weighted by molar-refractivity contribution is 8.00. The summed E-state index contributed by atoms with van der Waals surface area (Å²) in [4.78, 5) is 21.9. The van der Waals surface area contributed by atoms with Crippen LogP contribution in [-0.2, 0) is 9.59 Å². The molecule has 0 aromatic heterocycles. The Balaban J connectivity index is 0.000000358. The number of nitrogens with two attached hydrogens (primary N) is 1. The number of primary amides is 1. The molecule has 7 N–H and O–H groups in total. The molecule has 0 atom stereocenters. The Kier molecular flexibility index (Phi) is 17.3. The van der Waals surface area contributed by atoms with Crippen LogP contribution in [0.5, 0.6) is 0 Å². The quantitative estimate of drug-likeness (QED) is 0.0863. The van der Waals surface area contributed by atoms with E-state index >= 15 is 0 Å². The van der Waals surface area contributed by atoms with Crippen molar-refractivity contribution in [3.8, 4) is 0 Å². The van der Waals surface area contributed by atoms with Gasteiger partial charge in [0.25, 0.3) is 0 Å². The topological polar surface area (TPSA) is 136 Å². The lowest BCUT2D eigenvalue weighted by Crippen LogP contribution is -2.14. The molecule has 0 heterocycles. The summed E-state index contributed by atoms with van der Waals surface area (Å²) in [5.41, 5.74) is 9.99. The predicted octanol–water partition coefficient (Wildman–Crippen LogP) is 7.45. The summed E-state index contributed by atoms with van der Waals surface area (Å²) < 4.78 is 0. The number of hydrogen-bond donors (Lipinski definition) is 4. The maximum absolute atomic E-state index is 11.0. The molecule has 4 rings (SSSR count). The zero-order chi connectivity index (χ0) is 27.6. The monoisotopic (exact) mass is 584 g/mol. The first-order chi connectivity index (χ1) is 18.5. The molecule has 0 aliphatic carbocycles. The number of amides is 1. The standard InChI is InChI=1S/C15H13ClOS.C15H15NOS.H3N.H2O2/c2*16-14(17)11-18-15(12-7-3-1-4-8-12)13-9-5-2-6-10-13;;1-2/h1-10,15H,11H2;1-10,15H,11H2,(H2,16,17);1H3;1-2H. The van der Waals surface area contributed by atoms with Gasteiger partial charge in [-0.25, -0.2) is 0 Å². The fraction of sp³-hybridized carbons (Fsp3) is 0.133. The predicted molar refractivity (Wildman–Crippen MR) is 165 cm³/mol. The van der Waals surface area contributed by atoms with Crippen molar-refractivity contribution in [3.05, 3.63) is 144 Å². The average molecular weight is 585 g/mol. The van der Waals surface area contributed by atoms with E-state index in [9.17, 15) is 9.59 Å². The van der Waals surface area contributed by atoms with Gasteiger partial charge in [0.15, 0.2) is 0 Å². The fourth-order valence-electron chi connectivity index (χ4n) is 3.60. The van der Waals surface area contributed by atoms with Gasteiger partial charge < -0.3 is 11.9 Å². The molecule has 4 aromatic carbocycles. The normalized spacial score (nSPS) is 9.87. The summed E-state index contributed by atoms with van der Waals surface area (Å²) in [6, 6.07) is 40.6. The van der Waals surface area contributed by atoms with Gasteiger partial charge in [0.1, 0.15) is 0 Å². The molecular weight excluding hydrogens is 552 g/mol. The van der Waals surface area contributed by atoms with Gasteiger partial charge in [-0.3, -0.25) is 20.1 Å². The van der Waals surface area contributed by atoms with Gasteiger partial charge in [0, 0.05) is 0 Å². The van der Waals surface area contributed by atoms with E-state index in [0.717, 1.165) is 0 Å². The first kappa shape index (κ1) is 33.9. The van der Waals surface area contributed by atoms with E-state index in [1.807, 2.05) is 72.8 Å². The summed E-state index contributed by atoms with van der Waals surface area (Å²) in [6.45, 7) is 0. The lowest BCUT2D eigenvalue weighted by atomic mass is 10.0. The van der Waals surface area contributed by atoms with Crippen molar-refractivity contribution < 1.29 is 20.1 Å². The Labute approximate surface area is 243 Å². The van der Waals surface area contributed by atoms with Gasteiger partial charge >= 0.3 is 0 Å². The lowest BCUT2D eigenvalue weighted by Gasteiger charge is -2.16. The number of halogens is 1. The van der Waals surface area contributed by atoms with Crippen molar-refractivity contribution in [2.75, 3.05) is 11.5 Å². The Bertz CT molecular complexity index is 1030. The highest BCUT2D eigenvalue weighted by atomic mass is 35.5. The number of carbonyl (C=O) groups excluding carboxylic acids is 2. The van der Waals surface area contributed by atoms with Gasteiger partial charge in [0.05, 0.1) is 22.0 Å². The second kappa shape index (κ2) is 19.9. The molecule has 0 fully saturated rings. The average Bonchev–Trinajstić information content (AvgIpc) is 2.97. The molecule has 0 spiro atoms. The van der Waals surface area contributed by atoms with Crippen molar-refractivity contribution in [1.82, 2.24) is 6.15 Å². The number of thioether (sulfide) groups is 2. The first-order valence-corrected chi connectivity index (χ1v) is 14.1. The summed E-state index contributed by atoms with van der Waals surface area (Å²) in [7, 11) is 0. The molecule has 39 heavy (non-hydrogen) atoms. The van der Waals surface area contributed by atoms with Crippen LogP contribution < -0.4 is 11.9 Å². The molecule has 0 aliphatic heterocycles. The van der Waals surface area contributed by atoms with Gasteiger partial charge in [0.2, 0.25) is 11.1 Å². The highest BCUT2D eigenvalue weighted by Gasteiger charge is 2.16. The van der Waals surface area contributed by atoms with E-state index in [2.05, 4.69) is 48.5 Å². The Morgan fingerprint density at radius 1 is 0.590 bits per heavy atom. The summed E-state index contributed by atoms with van der Waals surface area (Å²) in [5, 5.41) is 12.0. The molecule has 0 bridgehead atoms. The molecular formula is C30H33ClN2O4S2. The molecule has 0 saturated heterocycles. The van der Waals surface area contributed by atoms with Crippen molar-refractivity contribution in [1.29, 1.82) is 0 Å². The lowest BCUT2D eigenvalue weighted by molar-refractivity contribution is -0.176. The molecule has 1 amide bonds. The summed E-state index contributed by atoms with van der Waals surface area (Å²) >= 11 is 8.55. The van der Waals surface area contributed by atoms with E-state index in [-0.39, 0.29) is 27.8 Å². The van der Waals surface area contributed by atoms with Crippen molar-refractivity contribution in [3.63, 3.8) is 0 Å². The molecule has 0 radical (unpaired) electrons. The zero-order valence-corrected chi connectivity index (χ0v) is 23.7. The molecule has 4 aromatic rings. The van der Waals surface area contributed by atoms with Crippen LogP contribution in [0.15, 0.2) is 121 Å². The minimum Gasteiger partial charge on any atom is -0.369 e. The smallest absolute Gasteiger partial charge is 0.231 e. The number of rotatable bonds is 10. The molecule has 0 saturated carbocycles. The van der Waals surface area contributed by atoms with Crippen molar-refractivity contribution in [2.45, 2.75) is 10.5 Å². The van der Waals surface area contributed by atoms with Crippen LogP contribution >= 0.6 is 35.1 Å². The van der Waals surface area contributed by atoms with Gasteiger partial charge in [-0.05, 0) is 33.9 Å². The maximum atomic E-state index is 11.0. The molecule has 0 unspecified atom stereocenters. The third-order valence-corrected chi connectivity index (χ3v) is 8.09. The van der Waals surface area contributed by atoms with E-state index in [0.29, 0.717) is 11.5 Å². The van der Waals surface area contributed by atoms with Gasteiger partial charge in [-0.1, -0.05) is 121 Å². The van der Waals surface area contributed by atoms with Crippen LogP contribution in [0.3, 0.4) is 0 Å². The Hall–Kier alpha value is -3.11. The van der Waals surface area contributed by atoms with Crippen molar-refractivity contribution in [2.24, 2.45) is 5.73 Å². The van der Waals surface area contributed by atoms with Crippen LogP contribution in [0, 0.1) is 0 Å². The van der Waals surface area contributed by atoms with Crippen LogP contribution in [-0.4, -0.2) is 33.2 Å². The Morgan fingerprint density at radius 2 is 0.846 bits per heavy atom. The van der Waals surface area contributed by atoms with Crippen LogP contribution in [0.4, 0.5) is 0 Å². The second-order valence-electron chi connectivity index (χ2n) is 7.85. The maximum Gasteiger partial charge on any atom is 0.231 e. The van der Waals surface area contributed by atoms with E-state index in [1.54, 1.807) is 23.5 Å². The molecule has 9 heteroatoms. The van der Waals surface area contributed by atoms with Gasteiger partial charge in [-0.15, -0.1) is 23.5 Å². The fourth-order valence-corrected chi connectivity index (χ4v) is 5.81. The van der Waals surface area contributed by atoms with E-state index in [4.69, 9.17) is 27.8 Å². The molecule has 6 nitrogen and oxygen atoms in total. The highest BCUT2D eigenvalue weighted by Crippen LogP contribution is 2.36. The number of hydrogen-bond acceptors (Lipinski definition) is 7. The largest absolute Gasteiger partial charge is 0.369 e. The minimum absolute atomic E-state index is 0. The second-order valence-corrected chi connectivity index (χ2v) is 10.5. The summed E-state index contributed by atoms with van der Waals surface area (Å²) in [5.74, 6) is 0.363. The Morgan fingerprint density at radius 3 is 1.08 bits per heavy atom. The van der Waals surface area contributed by atoms with Gasteiger partial charge in [-0.2, -0.15) is 0 Å². The third kappa shape index (κ3) is 12.5. The van der Waals surface area contributed by atoms with E-state index < -0.39 is 0 Å².